The molecule has 1 fully saturated rings. The number of anilines is 1. The van der Waals surface area contributed by atoms with Crippen molar-refractivity contribution < 1.29 is 14.3 Å². The zero-order valence-electron chi connectivity index (χ0n) is 13.7. The van der Waals surface area contributed by atoms with Gasteiger partial charge in [-0.25, -0.2) is 4.90 Å². The first-order chi connectivity index (χ1) is 11.9. The van der Waals surface area contributed by atoms with Crippen LogP contribution in [-0.2, 0) is 4.79 Å². The number of rotatable bonds is 4. The van der Waals surface area contributed by atoms with E-state index in [1.54, 1.807) is 30.3 Å². The highest BCUT2D eigenvalue weighted by molar-refractivity contribution is 8.19. The lowest BCUT2D eigenvalue weighted by molar-refractivity contribution is -0.113. The maximum atomic E-state index is 12.6. The van der Waals surface area contributed by atoms with Crippen LogP contribution in [0.1, 0.15) is 19.4 Å². The highest BCUT2D eigenvalue weighted by Crippen LogP contribution is 2.36. The van der Waals surface area contributed by atoms with Crippen LogP contribution >= 0.6 is 23.4 Å². The first-order valence-electron chi connectivity index (χ1n) is 7.74. The van der Waals surface area contributed by atoms with E-state index in [1.807, 2.05) is 38.1 Å². The first kappa shape index (κ1) is 17.6. The van der Waals surface area contributed by atoms with E-state index in [1.165, 1.54) is 0 Å². The van der Waals surface area contributed by atoms with E-state index in [0.29, 0.717) is 15.6 Å². The molecule has 1 aliphatic heterocycles. The van der Waals surface area contributed by atoms with Gasteiger partial charge in [0.05, 0.1) is 16.7 Å². The number of hydrogen-bond donors (Lipinski definition) is 0. The van der Waals surface area contributed by atoms with E-state index in [2.05, 4.69) is 0 Å². The fraction of sp³-hybridized carbons (Fsp3) is 0.158. The summed E-state index contributed by atoms with van der Waals surface area (Å²) < 4.78 is 5.60. The van der Waals surface area contributed by atoms with Crippen LogP contribution in [0.15, 0.2) is 53.4 Å². The average Bonchev–Trinajstić information content (AvgIpc) is 2.84. The fourth-order valence-corrected chi connectivity index (χ4v) is 3.31. The molecule has 1 saturated heterocycles. The quantitative estimate of drug-likeness (QED) is 0.676. The normalized spacial score (nSPS) is 16.2. The van der Waals surface area contributed by atoms with Gasteiger partial charge in [0, 0.05) is 5.02 Å². The molecule has 1 aliphatic rings. The molecule has 0 bridgehead atoms. The molecule has 6 heteroatoms. The molecular formula is C19H16ClNO3S. The molecule has 2 aromatic carbocycles. The van der Waals surface area contributed by atoms with Gasteiger partial charge in [-0.1, -0.05) is 23.7 Å². The van der Waals surface area contributed by atoms with Crippen LogP contribution in [0.25, 0.3) is 6.08 Å². The number of imide groups is 1. The first-order valence-corrected chi connectivity index (χ1v) is 8.94. The Morgan fingerprint density at radius 1 is 1.04 bits per heavy atom. The number of carbonyl (C=O) groups excluding carboxylic acids is 2. The second-order valence-corrected chi connectivity index (χ2v) is 7.16. The van der Waals surface area contributed by atoms with Crippen molar-refractivity contribution >= 4 is 46.3 Å². The summed E-state index contributed by atoms with van der Waals surface area (Å²) >= 11 is 6.78. The smallest absolute Gasteiger partial charge is 0.298 e. The minimum Gasteiger partial charge on any atom is -0.491 e. The van der Waals surface area contributed by atoms with Crippen LogP contribution in [0.3, 0.4) is 0 Å². The molecule has 3 rings (SSSR count). The summed E-state index contributed by atoms with van der Waals surface area (Å²) in [5, 5.41) is 0.230. The van der Waals surface area contributed by atoms with Crippen molar-refractivity contribution in [3.8, 4) is 5.75 Å². The maximum absolute atomic E-state index is 12.6. The van der Waals surface area contributed by atoms with Crippen LogP contribution in [-0.4, -0.2) is 17.3 Å². The predicted octanol–water partition coefficient (Wildman–Crippen LogP) is 5.37. The SMILES string of the molecule is CC(C)Oc1ccc(/C=C2/SC(=O)N(c3ccc(Cl)cc3)C2=O)cc1. The zero-order chi connectivity index (χ0) is 18.0. The number of ether oxygens (including phenoxy) is 1. The minimum absolute atomic E-state index is 0.0988. The van der Waals surface area contributed by atoms with Gasteiger partial charge in [-0.2, -0.15) is 0 Å². The minimum atomic E-state index is -0.333. The van der Waals surface area contributed by atoms with Gasteiger partial charge < -0.3 is 4.74 Å². The van der Waals surface area contributed by atoms with Gasteiger partial charge in [0.25, 0.3) is 11.1 Å². The molecule has 0 atom stereocenters. The van der Waals surface area contributed by atoms with E-state index in [4.69, 9.17) is 16.3 Å². The van der Waals surface area contributed by atoms with E-state index in [9.17, 15) is 9.59 Å². The molecule has 0 aliphatic carbocycles. The van der Waals surface area contributed by atoms with E-state index in [-0.39, 0.29) is 17.3 Å². The molecule has 4 nitrogen and oxygen atoms in total. The molecule has 0 radical (unpaired) electrons. The number of nitrogens with zero attached hydrogens (tertiary/aromatic N) is 1. The molecule has 0 spiro atoms. The van der Waals surface area contributed by atoms with Gasteiger partial charge in [0.1, 0.15) is 5.75 Å². The average molecular weight is 374 g/mol. The summed E-state index contributed by atoms with van der Waals surface area (Å²) in [6.07, 6.45) is 1.81. The van der Waals surface area contributed by atoms with Crippen LogP contribution in [0.5, 0.6) is 5.75 Å². The molecular weight excluding hydrogens is 358 g/mol. The third-order valence-electron chi connectivity index (χ3n) is 3.43. The van der Waals surface area contributed by atoms with Crippen LogP contribution in [0.4, 0.5) is 10.5 Å². The number of amides is 2. The van der Waals surface area contributed by atoms with Gasteiger partial charge >= 0.3 is 0 Å². The maximum Gasteiger partial charge on any atom is 0.298 e. The van der Waals surface area contributed by atoms with Gasteiger partial charge in [-0.05, 0) is 73.6 Å². The molecule has 1 heterocycles. The lowest BCUT2D eigenvalue weighted by Crippen LogP contribution is -2.27. The molecule has 2 aromatic rings. The van der Waals surface area contributed by atoms with Gasteiger partial charge in [-0.15, -0.1) is 0 Å². The molecule has 128 valence electrons. The second-order valence-electron chi connectivity index (χ2n) is 5.73. The summed E-state index contributed by atoms with van der Waals surface area (Å²) in [4.78, 5) is 26.3. The highest BCUT2D eigenvalue weighted by Gasteiger charge is 2.36. The largest absolute Gasteiger partial charge is 0.491 e. The molecule has 0 saturated carbocycles. The van der Waals surface area contributed by atoms with E-state index in [0.717, 1.165) is 28.0 Å². The topological polar surface area (TPSA) is 46.6 Å². The lowest BCUT2D eigenvalue weighted by Gasteiger charge is -2.12. The second kappa shape index (κ2) is 7.33. The highest BCUT2D eigenvalue weighted by atomic mass is 35.5. The van der Waals surface area contributed by atoms with E-state index >= 15 is 0 Å². The Hall–Kier alpha value is -2.24. The molecule has 0 aromatic heterocycles. The van der Waals surface area contributed by atoms with Gasteiger partial charge in [0.15, 0.2) is 0 Å². The van der Waals surface area contributed by atoms with Crippen LogP contribution in [0.2, 0.25) is 5.02 Å². The summed E-state index contributed by atoms with van der Waals surface area (Å²) in [6.45, 7) is 3.92. The van der Waals surface area contributed by atoms with Crippen molar-refractivity contribution in [2.24, 2.45) is 0 Å². The van der Waals surface area contributed by atoms with Crippen molar-refractivity contribution in [2.75, 3.05) is 4.90 Å². The van der Waals surface area contributed by atoms with Crippen molar-refractivity contribution in [1.29, 1.82) is 0 Å². The van der Waals surface area contributed by atoms with Gasteiger partial charge in [-0.3, -0.25) is 9.59 Å². The summed E-state index contributed by atoms with van der Waals surface area (Å²) in [5.41, 5.74) is 1.34. The predicted molar refractivity (Wildman–Crippen MR) is 102 cm³/mol. The number of benzene rings is 2. The number of carbonyl (C=O) groups is 2. The zero-order valence-corrected chi connectivity index (χ0v) is 15.3. The van der Waals surface area contributed by atoms with Crippen molar-refractivity contribution in [3.05, 3.63) is 64.0 Å². The summed E-state index contributed by atoms with van der Waals surface area (Å²) in [5.74, 6) is 0.432. The third-order valence-corrected chi connectivity index (χ3v) is 4.55. The Balaban J connectivity index is 1.81. The summed E-state index contributed by atoms with van der Waals surface area (Å²) in [6, 6.07) is 14.0. The van der Waals surface area contributed by atoms with E-state index < -0.39 is 0 Å². The lowest BCUT2D eigenvalue weighted by atomic mass is 10.2. The monoisotopic (exact) mass is 373 g/mol. The number of halogens is 1. The van der Waals surface area contributed by atoms with Crippen molar-refractivity contribution in [2.45, 2.75) is 20.0 Å². The Kier molecular flexibility index (Phi) is 5.16. The molecule has 25 heavy (non-hydrogen) atoms. The van der Waals surface area contributed by atoms with Crippen molar-refractivity contribution in [3.63, 3.8) is 0 Å². The van der Waals surface area contributed by atoms with Gasteiger partial charge in [0.2, 0.25) is 0 Å². The fourth-order valence-electron chi connectivity index (χ4n) is 2.35. The Morgan fingerprint density at radius 3 is 2.28 bits per heavy atom. The molecule has 0 unspecified atom stereocenters. The molecule has 0 N–H and O–H groups in total. The van der Waals surface area contributed by atoms with Crippen molar-refractivity contribution in [1.82, 2.24) is 0 Å². The Labute approximate surface area is 155 Å². The molecule has 2 amide bonds. The van der Waals surface area contributed by atoms with Crippen LogP contribution in [0, 0.1) is 0 Å². The standard InChI is InChI=1S/C19H16ClNO3S/c1-12(2)24-16-9-3-13(4-10-16)11-17-18(22)21(19(23)25-17)15-7-5-14(20)6-8-15/h3-12H,1-2H3/b17-11+. The Bertz CT molecular complexity index is 829. The number of thioether (sulfide) groups is 1. The Morgan fingerprint density at radius 2 is 1.68 bits per heavy atom. The summed E-state index contributed by atoms with van der Waals surface area (Å²) in [7, 11) is 0. The van der Waals surface area contributed by atoms with Crippen LogP contribution < -0.4 is 9.64 Å². The number of hydrogen-bond acceptors (Lipinski definition) is 4. The third kappa shape index (κ3) is 4.06.